The van der Waals surface area contributed by atoms with Crippen LogP contribution >= 0.6 is 0 Å². The lowest BCUT2D eigenvalue weighted by Crippen LogP contribution is -2.40. The van der Waals surface area contributed by atoms with Crippen LogP contribution < -0.4 is 10.5 Å². The molecule has 0 radical (unpaired) electrons. The summed E-state index contributed by atoms with van der Waals surface area (Å²) in [6.07, 6.45) is 3.26. The average molecular weight is 300 g/mol. The van der Waals surface area contributed by atoms with E-state index in [0.717, 1.165) is 31.4 Å². The Hall–Kier alpha value is -1.47. The van der Waals surface area contributed by atoms with Gasteiger partial charge >= 0.3 is 0 Å². The molecule has 1 amide bonds. The topological polar surface area (TPSA) is 89.3 Å². The van der Waals surface area contributed by atoms with Gasteiger partial charge in [-0.2, -0.15) is 0 Å². The summed E-state index contributed by atoms with van der Waals surface area (Å²) >= 11 is 0. The number of sulfonamides is 1. The molecule has 3 N–H and O–H groups in total. The van der Waals surface area contributed by atoms with E-state index in [0.29, 0.717) is 6.54 Å². The third-order valence-electron chi connectivity index (χ3n) is 3.74. The van der Waals surface area contributed by atoms with Crippen molar-refractivity contribution in [1.29, 1.82) is 0 Å². The molecular weight excluding hydrogens is 283 g/mol. The molecule has 0 spiro atoms. The number of hydrogen-bond donors (Lipinski definition) is 2. The molecule has 0 unspecified atom stereocenters. The summed E-state index contributed by atoms with van der Waals surface area (Å²) in [5, 5.41) is 7.64. The average Bonchev–Trinajstić information content (AvgIpc) is 2.32. The molecule has 1 saturated carbocycles. The summed E-state index contributed by atoms with van der Waals surface area (Å²) in [4.78, 5) is 11.3. The molecule has 7 heteroatoms. The predicted molar refractivity (Wildman–Crippen MR) is 72.1 cm³/mol. The Morgan fingerprint density at radius 1 is 1.45 bits per heavy atom. The lowest BCUT2D eigenvalue weighted by Gasteiger charge is -2.38. The molecule has 0 bridgehead atoms. The number of primary sulfonamides is 1. The van der Waals surface area contributed by atoms with Crippen LogP contribution in [0.4, 0.5) is 4.39 Å². The van der Waals surface area contributed by atoms with Gasteiger partial charge in [0.1, 0.15) is 10.7 Å². The Bertz CT molecular complexity index is 639. The van der Waals surface area contributed by atoms with E-state index in [-0.39, 0.29) is 11.0 Å². The van der Waals surface area contributed by atoms with Crippen molar-refractivity contribution in [2.24, 2.45) is 10.6 Å². The minimum Gasteiger partial charge on any atom is -0.351 e. The molecule has 5 nitrogen and oxygen atoms in total. The number of amides is 1. The minimum atomic E-state index is -4.18. The normalized spacial score (nSPS) is 17.4. The Kier molecular flexibility index (Phi) is 3.84. The standard InChI is InChI=1S/C13H17FN2O3S/c1-13(5-2-6-13)8-16-12(17)9-3-4-10(14)11(7-9)20(15,18)19/h3-4,7H,2,5-6,8H2,1H3,(H,16,17)(H2,15,18,19). The highest BCUT2D eigenvalue weighted by molar-refractivity contribution is 7.89. The minimum absolute atomic E-state index is 0.0818. The van der Waals surface area contributed by atoms with Crippen LogP contribution in [0.15, 0.2) is 23.1 Å². The summed E-state index contributed by atoms with van der Waals surface area (Å²) in [5.74, 6) is -1.39. The molecule has 0 atom stereocenters. The first-order chi connectivity index (χ1) is 9.21. The zero-order chi connectivity index (χ0) is 15.0. The van der Waals surface area contributed by atoms with E-state index in [2.05, 4.69) is 12.2 Å². The molecule has 0 heterocycles. The number of carbonyl (C=O) groups is 1. The van der Waals surface area contributed by atoms with Crippen molar-refractivity contribution in [1.82, 2.24) is 5.32 Å². The third kappa shape index (κ3) is 3.16. The maximum Gasteiger partial charge on any atom is 0.251 e. The van der Waals surface area contributed by atoms with Crippen molar-refractivity contribution in [3.05, 3.63) is 29.6 Å². The first kappa shape index (κ1) is 14.9. The highest BCUT2D eigenvalue weighted by Gasteiger charge is 2.32. The molecule has 0 aliphatic heterocycles. The smallest absolute Gasteiger partial charge is 0.251 e. The number of nitrogens with one attached hydrogen (secondary N) is 1. The number of halogens is 1. The van der Waals surface area contributed by atoms with Crippen LogP contribution in [0, 0.1) is 11.2 Å². The van der Waals surface area contributed by atoms with Gasteiger partial charge in [0.25, 0.3) is 5.91 Å². The Morgan fingerprint density at radius 3 is 2.60 bits per heavy atom. The number of nitrogens with two attached hydrogens (primary N) is 1. The zero-order valence-electron chi connectivity index (χ0n) is 11.1. The lowest BCUT2D eigenvalue weighted by molar-refractivity contribution is 0.0890. The molecule has 0 aromatic heterocycles. The molecule has 20 heavy (non-hydrogen) atoms. The lowest BCUT2D eigenvalue weighted by atomic mass is 9.70. The molecule has 2 rings (SSSR count). The Balaban J connectivity index is 2.14. The maximum atomic E-state index is 13.4. The number of carbonyl (C=O) groups excluding carboxylic acids is 1. The number of benzene rings is 1. The van der Waals surface area contributed by atoms with Gasteiger partial charge in [-0.05, 0) is 36.5 Å². The van der Waals surface area contributed by atoms with E-state index < -0.39 is 26.6 Å². The molecular formula is C13H17FN2O3S. The van der Waals surface area contributed by atoms with Crippen LogP contribution in [0.2, 0.25) is 0 Å². The van der Waals surface area contributed by atoms with Gasteiger partial charge < -0.3 is 5.32 Å². The van der Waals surface area contributed by atoms with Gasteiger partial charge in [-0.3, -0.25) is 4.79 Å². The molecule has 1 aromatic carbocycles. The monoisotopic (exact) mass is 300 g/mol. The predicted octanol–water partition coefficient (Wildman–Crippen LogP) is 1.39. The highest BCUT2D eigenvalue weighted by Crippen LogP contribution is 2.39. The van der Waals surface area contributed by atoms with Crippen molar-refractivity contribution in [3.63, 3.8) is 0 Å². The summed E-state index contributed by atoms with van der Waals surface area (Å²) in [6, 6.07) is 3.13. The third-order valence-corrected chi connectivity index (χ3v) is 4.66. The Labute approximate surface area is 117 Å². The largest absolute Gasteiger partial charge is 0.351 e. The second-order valence-corrected chi connectivity index (χ2v) is 7.07. The maximum absolute atomic E-state index is 13.4. The van der Waals surface area contributed by atoms with Crippen molar-refractivity contribution in [2.45, 2.75) is 31.1 Å². The highest BCUT2D eigenvalue weighted by atomic mass is 32.2. The number of hydrogen-bond acceptors (Lipinski definition) is 3. The van der Waals surface area contributed by atoms with E-state index in [1.165, 1.54) is 6.07 Å². The van der Waals surface area contributed by atoms with Crippen molar-refractivity contribution < 1.29 is 17.6 Å². The van der Waals surface area contributed by atoms with E-state index in [1.54, 1.807) is 0 Å². The van der Waals surface area contributed by atoms with Crippen molar-refractivity contribution in [3.8, 4) is 0 Å². The van der Waals surface area contributed by atoms with Gasteiger partial charge in [0.05, 0.1) is 0 Å². The van der Waals surface area contributed by atoms with E-state index >= 15 is 0 Å². The molecule has 1 aliphatic carbocycles. The van der Waals surface area contributed by atoms with Crippen LogP contribution in [-0.2, 0) is 10.0 Å². The molecule has 1 aromatic rings. The summed E-state index contributed by atoms with van der Waals surface area (Å²) in [6.45, 7) is 2.60. The van der Waals surface area contributed by atoms with Gasteiger partial charge in [-0.1, -0.05) is 13.3 Å². The van der Waals surface area contributed by atoms with Crippen LogP contribution in [0.5, 0.6) is 0 Å². The van der Waals surface area contributed by atoms with Crippen LogP contribution in [0.1, 0.15) is 36.5 Å². The van der Waals surface area contributed by atoms with Crippen LogP contribution in [-0.4, -0.2) is 20.9 Å². The molecule has 1 aliphatic rings. The van der Waals surface area contributed by atoms with Gasteiger partial charge in [-0.25, -0.2) is 17.9 Å². The molecule has 1 fully saturated rings. The van der Waals surface area contributed by atoms with Crippen LogP contribution in [0.25, 0.3) is 0 Å². The van der Waals surface area contributed by atoms with Gasteiger partial charge in [0.15, 0.2) is 0 Å². The molecule has 0 saturated heterocycles. The SMILES string of the molecule is CC1(CNC(=O)c2ccc(F)c(S(N)(=O)=O)c2)CCC1. The first-order valence-electron chi connectivity index (χ1n) is 6.32. The fourth-order valence-electron chi connectivity index (χ4n) is 2.22. The second-order valence-electron chi connectivity index (χ2n) is 5.54. The van der Waals surface area contributed by atoms with E-state index in [4.69, 9.17) is 5.14 Å². The summed E-state index contributed by atoms with van der Waals surface area (Å²) in [5.41, 5.74) is 0.191. The van der Waals surface area contributed by atoms with Gasteiger partial charge in [0, 0.05) is 12.1 Å². The quantitative estimate of drug-likeness (QED) is 0.880. The van der Waals surface area contributed by atoms with Crippen LogP contribution in [0.3, 0.4) is 0 Å². The number of rotatable bonds is 4. The van der Waals surface area contributed by atoms with Crippen molar-refractivity contribution >= 4 is 15.9 Å². The van der Waals surface area contributed by atoms with Gasteiger partial charge in [0.2, 0.25) is 10.0 Å². The summed E-state index contributed by atoms with van der Waals surface area (Å²) < 4.78 is 35.8. The molecule has 110 valence electrons. The fraction of sp³-hybridized carbons (Fsp3) is 0.462. The van der Waals surface area contributed by atoms with Gasteiger partial charge in [-0.15, -0.1) is 0 Å². The first-order valence-corrected chi connectivity index (χ1v) is 7.86. The van der Waals surface area contributed by atoms with E-state index in [1.807, 2.05) is 0 Å². The fourth-order valence-corrected chi connectivity index (χ4v) is 2.85. The summed E-state index contributed by atoms with van der Waals surface area (Å²) in [7, 11) is -4.18. The van der Waals surface area contributed by atoms with Crippen molar-refractivity contribution in [2.75, 3.05) is 6.54 Å². The second kappa shape index (κ2) is 5.14. The Morgan fingerprint density at radius 2 is 2.10 bits per heavy atom. The van der Waals surface area contributed by atoms with E-state index in [9.17, 15) is 17.6 Å². The zero-order valence-corrected chi connectivity index (χ0v) is 12.0.